The zero-order valence-corrected chi connectivity index (χ0v) is 87.9. The van der Waals surface area contributed by atoms with Gasteiger partial charge in [-0.1, -0.05) is 78.8 Å². The van der Waals surface area contributed by atoms with Crippen LogP contribution in [0, 0.1) is 49.3 Å². The molecule has 5 aromatic carbocycles. The number of ether oxygens (including phenoxy) is 3. The lowest BCUT2D eigenvalue weighted by atomic mass is 9.97. The number of nitrogen functional groups attached to an aromatic ring is 1. The van der Waals surface area contributed by atoms with Crippen LogP contribution in [-0.4, -0.2) is 185 Å². The highest BCUT2D eigenvalue weighted by Crippen LogP contribution is 2.44. The summed E-state index contributed by atoms with van der Waals surface area (Å²) in [6.07, 6.45) is 5.98. The molecule has 34 nitrogen and oxygen atoms in total. The number of hydrogen-bond acceptors (Lipinski definition) is 27. The normalized spacial score (nSPS) is 17.8. The minimum absolute atomic E-state index is 0.0360. The van der Waals surface area contributed by atoms with Crippen LogP contribution in [0.1, 0.15) is 182 Å². The number of hydrogen-bond donors (Lipinski definition) is 8. The Labute approximate surface area is 849 Å². The van der Waals surface area contributed by atoms with Crippen LogP contribution in [0.5, 0.6) is 17.2 Å². The van der Waals surface area contributed by atoms with Crippen molar-refractivity contribution < 1.29 is 80.2 Å². The summed E-state index contributed by atoms with van der Waals surface area (Å²) in [6, 6.07) is 48.1. The summed E-state index contributed by atoms with van der Waals surface area (Å²) in [4.78, 5) is 107. The third-order valence-electron chi connectivity index (χ3n) is 25.1. The van der Waals surface area contributed by atoms with E-state index < -0.39 is 110 Å². The van der Waals surface area contributed by atoms with Crippen LogP contribution in [0.25, 0.3) is 45.0 Å². The maximum absolute atomic E-state index is 14.3. The number of amides is 4. The summed E-state index contributed by atoms with van der Waals surface area (Å²) in [7, 11) is -17.1. The third-order valence-corrected chi connectivity index (χ3v) is 30.6. The first-order valence-corrected chi connectivity index (χ1v) is 53.9. The van der Waals surface area contributed by atoms with Crippen LogP contribution in [0.3, 0.4) is 0 Å². The quantitative estimate of drug-likeness (QED) is 0.0211. The number of nitrogens with two attached hydrogens (primary N) is 2. The molecule has 0 radical (unpaired) electrons. The van der Waals surface area contributed by atoms with E-state index in [1.807, 2.05) is 113 Å². The Balaban J connectivity index is 0.000000163. The topological polar surface area (TPSA) is 466 Å². The van der Waals surface area contributed by atoms with Gasteiger partial charge in [0.2, 0.25) is 0 Å². The van der Waals surface area contributed by atoms with Crippen molar-refractivity contribution in [2.75, 3.05) is 84.4 Å². The number of alkyl halides is 2. The molecule has 5 aliphatic rings. The first-order valence-electron chi connectivity index (χ1n) is 48.0. The number of halogens is 3. The summed E-state index contributed by atoms with van der Waals surface area (Å²) >= 11 is 0. The molecule has 4 amide bonds. The van der Waals surface area contributed by atoms with Crippen molar-refractivity contribution in [1.82, 2.24) is 53.1 Å². The molecule has 11 aromatic rings. The van der Waals surface area contributed by atoms with E-state index in [9.17, 15) is 75.6 Å². The van der Waals surface area contributed by atoms with E-state index in [2.05, 4.69) is 120 Å². The second-order valence-corrected chi connectivity index (χ2v) is 47.4. The molecule has 0 aliphatic carbocycles. The van der Waals surface area contributed by atoms with Crippen molar-refractivity contribution in [2.24, 2.45) is 35.3 Å². The Morgan fingerprint density at radius 1 is 0.459 bits per heavy atom. The summed E-state index contributed by atoms with van der Waals surface area (Å²) in [5, 5.41) is 0. The maximum Gasteiger partial charge on any atom is 0.304 e. The van der Waals surface area contributed by atoms with E-state index in [0.717, 1.165) is 70.0 Å². The number of aryl methyl sites for hydroxylation is 2. The summed E-state index contributed by atoms with van der Waals surface area (Å²) in [5.41, 5.74) is 16.9. The van der Waals surface area contributed by atoms with Gasteiger partial charge in [0.05, 0.1) is 82.3 Å². The number of aromatic nitrogens is 6. The van der Waals surface area contributed by atoms with Crippen molar-refractivity contribution >= 4 is 92.9 Å². The number of sulfonamides is 3. The van der Waals surface area contributed by atoms with Gasteiger partial charge < -0.3 is 55.2 Å². The number of aromatic amines is 2. The van der Waals surface area contributed by atoms with Gasteiger partial charge >= 0.3 is 10.2 Å². The first-order chi connectivity index (χ1) is 68.4. The minimum atomic E-state index is -4.40. The van der Waals surface area contributed by atoms with E-state index in [1.54, 1.807) is 42.5 Å². The first kappa shape index (κ1) is 110. The Morgan fingerprint density at radius 3 is 1.30 bits per heavy atom. The molecule has 0 unspecified atom stereocenters. The number of benzene rings is 5. The van der Waals surface area contributed by atoms with E-state index in [4.69, 9.17) is 40.6 Å². The lowest BCUT2D eigenvalue weighted by molar-refractivity contribution is -0.0268. The van der Waals surface area contributed by atoms with E-state index in [0.29, 0.717) is 110 Å². The van der Waals surface area contributed by atoms with Gasteiger partial charge in [-0.15, -0.1) is 0 Å². The van der Waals surface area contributed by atoms with Crippen LogP contribution in [0.2, 0.25) is 0 Å². The highest BCUT2D eigenvalue weighted by molar-refractivity contribution is 7.90. The van der Waals surface area contributed by atoms with Gasteiger partial charge in [-0.05, 0) is 281 Å². The predicted octanol–water partition coefficient (Wildman–Crippen LogP) is 15.3. The largest absolute Gasteiger partial charge is 0.493 e. The molecular formula is C105H126F3N17O17S4. The van der Waals surface area contributed by atoms with Crippen LogP contribution in [-0.2, 0) is 40.3 Å². The Morgan fingerprint density at radius 2 is 0.877 bits per heavy atom. The molecule has 16 rings (SSSR count). The average Bonchev–Trinajstić information content (AvgIpc) is 1.29. The van der Waals surface area contributed by atoms with E-state index in [1.165, 1.54) is 82.9 Å². The number of carbonyl (C=O) groups is 4. The van der Waals surface area contributed by atoms with Crippen molar-refractivity contribution in [3.05, 3.63) is 254 Å². The van der Waals surface area contributed by atoms with Crippen molar-refractivity contribution in [3.8, 4) is 62.3 Å². The molecule has 146 heavy (non-hydrogen) atoms. The Hall–Kier alpha value is -13.6. The summed E-state index contributed by atoms with van der Waals surface area (Å²) in [6.45, 7) is 37.1. The van der Waals surface area contributed by atoms with Gasteiger partial charge in [0.15, 0.2) is 9.79 Å². The standard InChI is InChI=1S/C28H34N4O5S.C26H37N5O4S.C26H30N4O4S.C25H25F3N4O4S/c1-18(2)17-37-21-10-8-20(9-11-21)23-13-12-22(25(30-23)32-16-19(3)15-28(32,4)5)26(33)31-38(35,36)24-7-6-14-29-27(24)34;1-17(2)35-21-8-6-7-19(13-21)23-10-9-22(24(28-23)31-15-18(3)14-26(31,4)5)25(32)29-36(33,34)30-12-11-20(27)16-30;1-16-14-26(4,5)30(15-16)23-20(10-11-21(28-23)19-9-8-17(2)18(3)13-19)24(31)29-35(33,34)22-7-6-12-27-25(22)32;1-15(2)12-36-19-9-16(8-17(26)10-19)22-7-6-21(23(30-22)32-13-25(27,28)14-32)24(33)31-37(34,35)20-5-3-4-18(29)11-20/h6-14,18-19H,15-17H2,1-5H3,(H,29,34)(H,31,33);6-10,13,17-18,20H,11-12,14-16,27H2,1-5H3,(H,29,32);6-13,16H,14-15H2,1-5H3,(H,27,32)(H,29,31);3-11,15H,12-14,29H2,1-2H3,(H,31,33)/t19-;18-,20-;16-;/m000./s1. The number of nitrogens with one attached hydrogen (secondary N) is 6. The maximum atomic E-state index is 14.3. The molecule has 5 fully saturated rings. The monoisotopic (exact) mass is 2080 g/mol. The minimum Gasteiger partial charge on any atom is -0.493 e. The molecule has 6 aromatic heterocycles. The summed E-state index contributed by atoms with van der Waals surface area (Å²) < 4.78 is 171. The highest BCUT2D eigenvalue weighted by Gasteiger charge is 2.48. The predicted molar refractivity (Wildman–Crippen MR) is 557 cm³/mol. The molecule has 778 valence electrons. The lowest BCUT2D eigenvalue weighted by Crippen LogP contribution is -2.57. The number of carbonyl (C=O) groups excluding carboxylic acids is 4. The Kier molecular flexibility index (Phi) is 33.3. The van der Waals surface area contributed by atoms with Crippen molar-refractivity contribution in [3.63, 3.8) is 0 Å². The molecule has 4 atom stereocenters. The lowest BCUT2D eigenvalue weighted by Gasteiger charge is -2.40. The fraction of sp³-hybridized carbons (Fsp3) is 0.390. The molecule has 5 aliphatic heterocycles. The summed E-state index contributed by atoms with van der Waals surface area (Å²) in [5.74, 6) is -2.40. The van der Waals surface area contributed by atoms with Gasteiger partial charge in [-0.25, -0.2) is 77.2 Å². The van der Waals surface area contributed by atoms with Gasteiger partial charge in [-0.3, -0.25) is 28.8 Å². The highest BCUT2D eigenvalue weighted by atomic mass is 32.2. The molecule has 11 heterocycles. The molecular weight excluding hydrogens is 1960 g/mol. The molecule has 41 heteroatoms. The fourth-order valence-electron chi connectivity index (χ4n) is 18.3. The molecule has 10 N–H and O–H groups in total. The van der Waals surface area contributed by atoms with Crippen molar-refractivity contribution in [2.45, 2.75) is 193 Å². The SMILES string of the molecule is CC(C)COc1cc(F)cc(-c2ccc(C(=O)NS(=O)(=O)c3cccc(N)c3)c(N3CC(F)(F)C3)n2)c1.CC(C)COc1ccc(-c2ccc(C(=O)NS(=O)(=O)c3ccc[nH]c3=O)c(N3C[C@@H](C)CC3(C)C)n2)cc1.CC(C)Oc1cccc(-c2ccc(C(=O)NS(=O)(=O)N3CC[C@H](N)C3)c(N3C[C@@H](C)CC3(C)C)n2)c1.Cc1ccc(-c2ccc(C(=O)NS(=O)(=O)c3ccc[nH]c3=O)c(N3C[C@@H](C)CC3(C)C)n2)cc1C. The molecule has 0 saturated carbocycles. The van der Waals surface area contributed by atoms with E-state index in [-0.39, 0.29) is 91.3 Å². The van der Waals surface area contributed by atoms with Gasteiger partial charge in [-0.2, -0.15) is 12.7 Å². The Bertz CT molecular complexity index is 7330. The number of nitrogens with zero attached hydrogens (tertiary/aromatic N) is 9. The van der Waals surface area contributed by atoms with Crippen LogP contribution in [0.15, 0.2) is 219 Å². The number of pyridine rings is 6. The van der Waals surface area contributed by atoms with Gasteiger partial charge in [0.25, 0.3) is 70.7 Å². The molecule has 5 saturated heterocycles. The molecule has 0 bridgehead atoms. The second-order valence-electron chi connectivity index (χ2n) is 40.7. The van der Waals surface area contributed by atoms with Crippen molar-refractivity contribution in [1.29, 1.82) is 0 Å². The van der Waals surface area contributed by atoms with Crippen LogP contribution in [0.4, 0.5) is 42.1 Å². The average molecular weight is 2080 g/mol. The zero-order valence-electron chi connectivity index (χ0n) is 84.6. The van der Waals surface area contributed by atoms with Crippen LogP contribution < -0.4 is 75.3 Å². The zero-order chi connectivity index (χ0) is 106. The fourth-order valence-corrected chi connectivity index (χ4v) is 22.6. The third kappa shape index (κ3) is 26.8. The second kappa shape index (κ2) is 44.4. The number of rotatable bonds is 28. The van der Waals surface area contributed by atoms with Crippen LogP contribution >= 0.6 is 0 Å². The number of anilines is 5. The number of H-pyrrole nitrogens is 2. The molecule has 0 spiro atoms. The van der Waals surface area contributed by atoms with Gasteiger partial charge in [0.1, 0.15) is 46.3 Å². The van der Waals surface area contributed by atoms with E-state index >= 15 is 0 Å². The van der Waals surface area contributed by atoms with Gasteiger partial charge in [0, 0.05) is 102 Å². The smallest absolute Gasteiger partial charge is 0.304 e.